The molecular formula is C19H19N2O2+. The molecule has 0 aliphatic carbocycles. The summed E-state index contributed by atoms with van der Waals surface area (Å²) in [7, 11) is 0. The molecule has 0 atom stereocenters. The van der Waals surface area contributed by atoms with E-state index < -0.39 is 0 Å². The van der Waals surface area contributed by atoms with Crippen LogP contribution in [0.3, 0.4) is 0 Å². The number of nitrogens with one attached hydrogen (secondary N) is 1. The zero-order valence-corrected chi connectivity index (χ0v) is 12.9. The number of carbonyl (C=O) groups excluding carboxylic acids is 1. The zero-order chi connectivity index (χ0) is 15.6. The molecule has 0 aromatic heterocycles. The number of hydrogen-bond donors (Lipinski definition) is 1. The maximum absolute atomic E-state index is 11.9. The van der Waals surface area contributed by atoms with Crippen LogP contribution >= 0.6 is 0 Å². The number of fused-ring (bicyclic) bond motifs is 1. The van der Waals surface area contributed by atoms with E-state index in [2.05, 4.69) is 35.4 Å². The van der Waals surface area contributed by atoms with Crippen molar-refractivity contribution in [3.05, 3.63) is 71.9 Å². The lowest BCUT2D eigenvalue weighted by atomic mass is 10.1. The molecule has 0 spiro atoms. The third-order valence-corrected chi connectivity index (χ3v) is 4.48. The summed E-state index contributed by atoms with van der Waals surface area (Å²) >= 11 is 0. The van der Waals surface area contributed by atoms with Gasteiger partial charge in [-0.1, -0.05) is 36.4 Å². The van der Waals surface area contributed by atoms with Gasteiger partial charge in [0.05, 0.1) is 31.7 Å². The first kappa shape index (κ1) is 14.0. The van der Waals surface area contributed by atoms with Crippen molar-refractivity contribution in [2.75, 3.05) is 31.1 Å². The van der Waals surface area contributed by atoms with E-state index in [4.69, 9.17) is 4.74 Å². The molecule has 1 N–H and O–H groups in total. The largest absolute Gasteiger partial charge is 0.417 e. The Labute approximate surface area is 135 Å². The quantitative estimate of drug-likeness (QED) is 0.855. The number of ether oxygens (including phenoxy) is 1. The van der Waals surface area contributed by atoms with Gasteiger partial charge in [0.1, 0.15) is 6.20 Å². The second-order valence-corrected chi connectivity index (χ2v) is 5.92. The van der Waals surface area contributed by atoms with Gasteiger partial charge in [0.2, 0.25) is 0 Å². The number of anilines is 1. The molecule has 4 heteroatoms. The van der Waals surface area contributed by atoms with Crippen LogP contribution in [0.5, 0.6) is 0 Å². The van der Waals surface area contributed by atoms with Gasteiger partial charge in [-0.15, -0.1) is 0 Å². The van der Waals surface area contributed by atoms with Crippen molar-refractivity contribution < 1.29 is 14.4 Å². The van der Waals surface area contributed by atoms with Gasteiger partial charge in [0.15, 0.2) is 5.76 Å². The average molecular weight is 307 g/mol. The Balaban J connectivity index is 1.47. The van der Waals surface area contributed by atoms with Gasteiger partial charge < -0.3 is 14.5 Å². The topological polar surface area (TPSA) is 34.0 Å². The van der Waals surface area contributed by atoms with Gasteiger partial charge in [-0.3, -0.25) is 0 Å². The predicted molar refractivity (Wildman–Crippen MR) is 89.2 cm³/mol. The molecule has 0 saturated carbocycles. The van der Waals surface area contributed by atoms with Gasteiger partial charge in [-0.05, 0) is 18.2 Å². The third-order valence-electron chi connectivity index (χ3n) is 4.48. The Hall–Kier alpha value is -2.59. The normalized spacial score (nSPS) is 19.7. The minimum Gasteiger partial charge on any atom is -0.417 e. The first-order valence-electron chi connectivity index (χ1n) is 7.99. The second kappa shape index (κ2) is 5.89. The number of esters is 1. The number of cyclic esters (lactones) is 1. The number of rotatable bonds is 2. The van der Waals surface area contributed by atoms with Crippen LogP contribution in [0.2, 0.25) is 0 Å². The SMILES string of the molecule is O=C1O/C(=C/[NH+]2CCN(c3ccccc3)CC2)c2ccccc21. The van der Waals surface area contributed by atoms with Crippen LogP contribution in [0.4, 0.5) is 5.69 Å². The third kappa shape index (κ3) is 2.73. The lowest BCUT2D eigenvalue weighted by molar-refractivity contribution is -0.847. The fourth-order valence-electron chi connectivity index (χ4n) is 3.21. The Bertz CT molecular complexity index is 747. The number of benzene rings is 2. The lowest BCUT2D eigenvalue weighted by Gasteiger charge is -2.32. The number of quaternary nitrogens is 1. The van der Waals surface area contributed by atoms with Crippen molar-refractivity contribution in [2.24, 2.45) is 0 Å². The summed E-state index contributed by atoms with van der Waals surface area (Å²) in [5.74, 6) is 0.461. The van der Waals surface area contributed by atoms with Crippen molar-refractivity contribution in [1.82, 2.24) is 0 Å². The van der Waals surface area contributed by atoms with E-state index in [1.165, 1.54) is 10.6 Å². The standard InChI is InChI=1S/C19H18N2O2/c22-19-17-9-5-4-8-16(17)18(23-19)14-20-10-12-21(13-11-20)15-6-2-1-3-7-15/h1-9,14H,10-13H2/p+1/b18-14+. The molecule has 2 aliphatic rings. The Morgan fingerprint density at radius 3 is 2.30 bits per heavy atom. The summed E-state index contributed by atoms with van der Waals surface area (Å²) in [4.78, 5) is 15.6. The molecule has 2 aliphatic heterocycles. The van der Waals surface area contributed by atoms with Crippen LogP contribution in [0.15, 0.2) is 60.8 Å². The number of piperazine rings is 1. The molecule has 4 rings (SSSR count). The highest BCUT2D eigenvalue weighted by Crippen LogP contribution is 2.28. The van der Waals surface area contributed by atoms with E-state index in [0.717, 1.165) is 31.7 Å². The first-order valence-corrected chi connectivity index (χ1v) is 7.99. The highest BCUT2D eigenvalue weighted by atomic mass is 16.5. The Kier molecular flexibility index (Phi) is 3.60. The van der Waals surface area contributed by atoms with Crippen molar-refractivity contribution in [1.29, 1.82) is 0 Å². The van der Waals surface area contributed by atoms with Crippen LogP contribution in [0.1, 0.15) is 15.9 Å². The molecule has 4 nitrogen and oxygen atoms in total. The van der Waals surface area contributed by atoms with Gasteiger partial charge in [0, 0.05) is 11.3 Å². The van der Waals surface area contributed by atoms with Crippen molar-refractivity contribution >= 4 is 17.4 Å². The molecule has 0 unspecified atom stereocenters. The molecule has 0 bridgehead atoms. The predicted octanol–water partition coefficient (Wildman–Crippen LogP) is 1.56. The first-order chi connectivity index (χ1) is 11.3. The summed E-state index contributed by atoms with van der Waals surface area (Å²) in [6.07, 6.45) is 2.06. The fraction of sp³-hybridized carbons (Fsp3) is 0.211. The molecule has 1 saturated heterocycles. The molecule has 23 heavy (non-hydrogen) atoms. The van der Waals surface area contributed by atoms with Gasteiger partial charge >= 0.3 is 5.97 Å². The second-order valence-electron chi connectivity index (χ2n) is 5.92. The number of hydrogen-bond acceptors (Lipinski definition) is 3. The summed E-state index contributed by atoms with van der Waals surface area (Å²) in [6, 6.07) is 18.1. The van der Waals surface area contributed by atoms with Gasteiger partial charge in [-0.2, -0.15) is 0 Å². The van der Waals surface area contributed by atoms with Crippen molar-refractivity contribution in [3.8, 4) is 0 Å². The fourth-order valence-corrected chi connectivity index (χ4v) is 3.21. The van der Waals surface area contributed by atoms with Crippen LogP contribution in [0.25, 0.3) is 5.76 Å². The van der Waals surface area contributed by atoms with Crippen LogP contribution in [0, 0.1) is 0 Å². The van der Waals surface area contributed by atoms with E-state index in [9.17, 15) is 4.79 Å². The van der Waals surface area contributed by atoms with Crippen molar-refractivity contribution in [3.63, 3.8) is 0 Å². The smallest absolute Gasteiger partial charge is 0.344 e. The molecular weight excluding hydrogens is 288 g/mol. The summed E-state index contributed by atoms with van der Waals surface area (Å²) in [5.41, 5.74) is 2.86. The highest BCUT2D eigenvalue weighted by Gasteiger charge is 2.28. The summed E-state index contributed by atoms with van der Waals surface area (Å²) in [5, 5.41) is 0. The average Bonchev–Trinajstić information content (AvgIpc) is 2.93. The molecule has 2 heterocycles. The van der Waals surface area contributed by atoms with Gasteiger partial charge in [0.25, 0.3) is 0 Å². The van der Waals surface area contributed by atoms with Gasteiger partial charge in [-0.25, -0.2) is 4.79 Å². The Morgan fingerprint density at radius 1 is 0.913 bits per heavy atom. The molecule has 0 amide bonds. The van der Waals surface area contributed by atoms with E-state index >= 15 is 0 Å². The minimum atomic E-state index is -0.242. The van der Waals surface area contributed by atoms with E-state index in [-0.39, 0.29) is 5.97 Å². The van der Waals surface area contributed by atoms with Crippen LogP contribution in [-0.2, 0) is 4.74 Å². The van der Waals surface area contributed by atoms with E-state index in [1.807, 2.05) is 30.3 Å². The Morgan fingerprint density at radius 2 is 1.57 bits per heavy atom. The van der Waals surface area contributed by atoms with Crippen LogP contribution < -0.4 is 9.80 Å². The summed E-state index contributed by atoms with van der Waals surface area (Å²) < 4.78 is 5.43. The number of nitrogens with zero attached hydrogens (tertiary/aromatic N) is 1. The maximum atomic E-state index is 11.9. The number of carbonyl (C=O) groups is 1. The zero-order valence-electron chi connectivity index (χ0n) is 12.9. The molecule has 1 fully saturated rings. The summed E-state index contributed by atoms with van der Waals surface area (Å²) in [6.45, 7) is 3.99. The molecule has 116 valence electrons. The lowest BCUT2D eigenvalue weighted by Crippen LogP contribution is -3.10. The molecule has 0 radical (unpaired) electrons. The van der Waals surface area contributed by atoms with E-state index in [0.29, 0.717) is 11.3 Å². The van der Waals surface area contributed by atoms with Crippen LogP contribution in [-0.4, -0.2) is 32.1 Å². The highest BCUT2D eigenvalue weighted by molar-refractivity contribution is 6.02. The number of para-hydroxylation sites is 1. The van der Waals surface area contributed by atoms with Crippen molar-refractivity contribution in [2.45, 2.75) is 0 Å². The monoisotopic (exact) mass is 307 g/mol. The molecule has 2 aromatic carbocycles. The van der Waals surface area contributed by atoms with E-state index in [1.54, 1.807) is 0 Å². The molecule has 2 aromatic rings. The minimum absolute atomic E-state index is 0.242. The maximum Gasteiger partial charge on any atom is 0.344 e.